The summed E-state index contributed by atoms with van der Waals surface area (Å²) in [5.74, 6) is 0.704. The Morgan fingerprint density at radius 3 is 2.25 bits per heavy atom. The topological polar surface area (TPSA) is 55.4 Å². The van der Waals surface area contributed by atoms with Gasteiger partial charge >= 0.3 is 0 Å². The largest absolute Gasteiger partial charge is 0.497 e. The molecule has 20 heavy (non-hydrogen) atoms. The first-order valence-corrected chi connectivity index (χ1v) is 7.81. The van der Waals surface area contributed by atoms with Crippen LogP contribution < -0.4 is 9.46 Å². The number of fused-ring (bicyclic) bond motifs is 1. The Morgan fingerprint density at radius 2 is 1.65 bits per heavy atom. The smallest absolute Gasteiger partial charge is 0.241 e. The van der Waals surface area contributed by atoms with E-state index in [4.69, 9.17) is 4.74 Å². The maximum atomic E-state index is 12.3. The Bertz CT molecular complexity index is 730. The van der Waals surface area contributed by atoms with E-state index in [0.29, 0.717) is 5.75 Å². The fraction of sp³-hybridized carbons (Fsp3) is 0.333. The van der Waals surface area contributed by atoms with Crippen LogP contribution in [0.4, 0.5) is 0 Å². The van der Waals surface area contributed by atoms with E-state index < -0.39 is 15.6 Å². The van der Waals surface area contributed by atoms with E-state index in [2.05, 4.69) is 4.72 Å². The molecule has 2 rings (SSSR count). The van der Waals surface area contributed by atoms with Crippen molar-refractivity contribution < 1.29 is 13.2 Å². The molecule has 0 aliphatic rings. The molecule has 0 saturated carbocycles. The van der Waals surface area contributed by atoms with Crippen molar-refractivity contribution >= 4 is 20.8 Å². The Labute approximate surface area is 119 Å². The number of rotatable bonds is 3. The summed E-state index contributed by atoms with van der Waals surface area (Å²) >= 11 is 0. The number of methoxy groups -OCH3 is 1. The Balaban J connectivity index is 2.50. The number of hydrogen-bond donors (Lipinski definition) is 1. The van der Waals surface area contributed by atoms with Gasteiger partial charge < -0.3 is 4.74 Å². The number of sulfonamides is 1. The molecule has 0 spiro atoms. The summed E-state index contributed by atoms with van der Waals surface area (Å²) in [6.45, 7) is 5.44. The first-order chi connectivity index (χ1) is 9.21. The lowest BCUT2D eigenvalue weighted by molar-refractivity contribution is 0.415. The average molecular weight is 293 g/mol. The summed E-state index contributed by atoms with van der Waals surface area (Å²) in [6.07, 6.45) is 0. The minimum atomic E-state index is -3.52. The Kier molecular flexibility index (Phi) is 3.75. The molecular weight excluding hydrogens is 274 g/mol. The standard InChI is InChI=1S/C15H19NO3S/c1-15(2,3)16-20(17,18)14-8-6-11-5-7-13(19-4)9-12(11)10-14/h5-10,16H,1-4H3. The first-order valence-electron chi connectivity index (χ1n) is 6.33. The van der Waals surface area contributed by atoms with Crippen LogP contribution in [0.1, 0.15) is 20.8 Å². The van der Waals surface area contributed by atoms with Gasteiger partial charge in [0.2, 0.25) is 10.0 Å². The highest BCUT2D eigenvalue weighted by molar-refractivity contribution is 7.89. The van der Waals surface area contributed by atoms with Crippen LogP contribution in [-0.2, 0) is 10.0 Å². The molecule has 0 bridgehead atoms. The van der Waals surface area contributed by atoms with Crippen molar-refractivity contribution in [2.75, 3.05) is 7.11 Å². The van der Waals surface area contributed by atoms with E-state index in [-0.39, 0.29) is 4.90 Å². The van der Waals surface area contributed by atoms with Crippen LogP contribution >= 0.6 is 0 Å². The van der Waals surface area contributed by atoms with Gasteiger partial charge in [-0.25, -0.2) is 13.1 Å². The highest BCUT2D eigenvalue weighted by atomic mass is 32.2. The van der Waals surface area contributed by atoms with E-state index in [1.807, 2.05) is 39.0 Å². The maximum absolute atomic E-state index is 12.3. The van der Waals surface area contributed by atoms with Gasteiger partial charge in [-0.1, -0.05) is 12.1 Å². The maximum Gasteiger partial charge on any atom is 0.241 e. The summed E-state index contributed by atoms with van der Waals surface area (Å²) < 4.78 is 32.4. The van der Waals surface area contributed by atoms with Gasteiger partial charge in [-0.2, -0.15) is 0 Å². The van der Waals surface area contributed by atoms with Crippen molar-refractivity contribution in [2.24, 2.45) is 0 Å². The predicted molar refractivity (Wildman–Crippen MR) is 80.6 cm³/mol. The second-order valence-corrected chi connectivity index (χ2v) is 7.41. The minimum Gasteiger partial charge on any atom is -0.497 e. The van der Waals surface area contributed by atoms with Crippen molar-refractivity contribution in [3.05, 3.63) is 36.4 Å². The summed E-state index contributed by atoms with van der Waals surface area (Å²) in [6, 6.07) is 10.7. The molecule has 0 unspecified atom stereocenters. The Hall–Kier alpha value is -1.59. The third-order valence-electron chi connectivity index (χ3n) is 2.77. The molecule has 0 aliphatic carbocycles. The number of nitrogens with one attached hydrogen (secondary N) is 1. The molecule has 2 aromatic carbocycles. The molecular formula is C15H19NO3S. The summed E-state index contributed by atoms with van der Waals surface area (Å²) in [5, 5.41) is 1.81. The third-order valence-corrected chi connectivity index (χ3v) is 4.53. The lowest BCUT2D eigenvalue weighted by Gasteiger charge is -2.20. The predicted octanol–water partition coefficient (Wildman–Crippen LogP) is 2.93. The van der Waals surface area contributed by atoms with Crippen LogP contribution in [0.5, 0.6) is 5.75 Å². The normalized spacial score (nSPS) is 12.6. The molecule has 4 nitrogen and oxygen atoms in total. The van der Waals surface area contributed by atoms with Crippen molar-refractivity contribution in [2.45, 2.75) is 31.2 Å². The highest BCUT2D eigenvalue weighted by Crippen LogP contribution is 2.24. The Morgan fingerprint density at radius 1 is 1.00 bits per heavy atom. The zero-order chi connectivity index (χ0) is 15.0. The van der Waals surface area contributed by atoms with E-state index in [1.165, 1.54) is 0 Å². The quantitative estimate of drug-likeness (QED) is 0.946. The molecule has 0 aromatic heterocycles. The third kappa shape index (κ3) is 3.29. The fourth-order valence-corrected chi connectivity index (χ4v) is 3.41. The minimum absolute atomic E-state index is 0.258. The van der Waals surface area contributed by atoms with Crippen molar-refractivity contribution in [1.82, 2.24) is 4.72 Å². The van der Waals surface area contributed by atoms with Gasteiger partial charge in [-0.3, -0.25) is 0 Å². The molecule has 0 amide bonds. The van der Waals surface area contributed by atoms with Crippen molar-refractivity contribution in [3.8, 4) is 5.75 Å². The molecule has 0 aliphatic heterocycles. The van der Waals surface area contributed by atoms with Crippen LogP contribution in [0.25, 0.3) is 10.8 Å². The first kappa shape index (κ1) is 14.8. The van der Waals surface area contributed by atoms with E-state index in [9.17, 15) is 8.42 Å². The fourth-order valence-electron chi connectivity index (χ4n) is 1.96. The van der Waals surface area contributed by atoms with Crippen molar-refractivity contribution in [1.29, 1.82) is 0 Å². The van der Waals surface area contributed by atoms with Crippen LogP contribution in [0.2, 0.25) is 0 Å². The summed E-state index contributed by atoms with van der Waals surface area (Å²) in [5.41, 5.74) is -0.512. The molecule has 108 valence electrons. The molecule has 1 N–H and O–H groups in total. The highest BCUT2D eigenvalue weighted by Gasteiger charge is 2.22. The second kappa shape index (κ2) is 5.07. The number of ether oxygens (including phenoxy) is 1. The van der Waals surface area contributed by atoms with Gasteiger partial charge in [0.25, 0.3) is 0 Å². The summed E-state index contributed by atoms with van der Waals surface area (Å²) in [7, 11) is -1.93. The molecule has 0 radical (unpaired) electrons. The van der Waals surface area contributed by atoms with E-state index in [0.717, 1.165) is 10.8 Å². The molecule has 5 heteroatoms. The van der Waals surface area contributed by atoms with Gasteiger partial charge in [0, 0.05) is 5.54 Å². The van der Waals surface area contributed by atoms with E-state index in [1.54, 1.807) is 25.3 Å². The molecule has 0 saturated heterocycles. The molecule has 2 aromatic rings. The van der Waals surface area contributed by atoms with Crippen molar-refractivity contribution in [3.63, 3.8) is 0 Å². The zero-order valence-electron chi connectivity index (χ0n) is 12.1. The van der Waals surface area contributed by atoms with Gasteiger partial charge in [-0.05, 0) is 55.8 Å². The number of benzene rings is 2. The van der Waals surface area contributed by atoms with Crippen LogP contribution in [0.3, 0.4) is 0 Å². The molecule has 0 atom stereocenters. The van der Waals surface area contributed by atoms with Gasteiger partial charge in [0.15, 0.2) is 0 Å². The molecule has 0 heterocycles. The van der Waals surface area contributed by atoms with Crippen LogP contribution in [0.15, 0.2) is 41.3 Å². The van der Waals surface area contributed by atoms with Crippen LogP contribution in [-0.4, -0.2) is 21.1 Å². The number of hydrogen-bond acceptors (Lipinski definition) is 3. The van der Waals surface area contributed by atoms with E-state index >= 15 is 0 Å². The zero-order valence-corrected chi connectivity index (χ0v) is 12.9. The van der Waals surface area contributed by atoms with Crippen LogP contribution in [0, 0.1) is 0 Å². The molecule has 0 fully saturated rings. The van der Waals surface area contributed by atoms with Gasteiger partial charge in [0.05, 0.1) is 12.0 Å². The second-order valence-electron chi connectivity index (χ2n) is 5.73. The lowest BCUT2D eigenvalue weighted by atomic mass is 10.1. The lowest BCUT2D eigenvalue weighted by Crippen LogP contribution is -2.40. The SMILES string of the molecule is COc1ccc2ccc(S(=O)(=O)NC(C)(C)C)cc2c1. The van der Waals surface area contributed by atoms with Gasteiger partial charge in [0.1, 0.15) is 5.75 Å². The average Bonchev–Trinajstić information content (AvgIpc) is 2.34. The monoisotopic (exact) mass is 293 g/mol. The summed E-state index contributed by atoms with van der Waals surface area (Å²) in [4.78, 5) is 0.258. The van der Waals surface area contributed by atoms with Gasteiger partial charge in [-0.15, -0.1) is 0 Å².